The fourth-order valence-corrected chi connectivity index (χ4v) is 1.74. The molecule has 1 N–H and O–H groups in total. The normalized spacial score (nSPS) is 12.9. The molecule has 1 heterocycles. The van der Waals surface area contributed by atoms with E-state index in [2.05, 4.69) is 17.2 Å². The molecule has 0 fully saturated rings. The number of carbonyl (C=O) groups excluding carboxylic acids is 1. The molecule has 2 heteroatoms. The van der Waals surface area contributed by atoms with Crippen molar-refractivity contribution in [1.82, 2.24) is 5.32 Å². The van der Waals surface area contributed by atoms with Gasteiger partial charge in [-0.05, 0) is 24.1 Å². The maximum absolute atomic E-state index is 11.7. The average Bonchev–Trinajstić information content (AvgIpc) is 2.72. The lowest BCUT2D eigenvalue weighted by molar-refractivity contribution is 0.0998. The van der Waals surface area contributed by atoms with Gasteiger partial charge in [0.15, 0.2) is 5.78 Å². The van der Waals surface area contributed by atoms with Gasteiger partial charge >= 0.3 is 0 Å². The number of Topliss-reactive ketones (excluding diaryl/α,β-unsaturated/α-hetero) is 1. The van der Waals surface area contributed by atoms with Crippen LogP contribution in [0.4, 0.5) is 0 Å². The van der Waals surface area contributed by atoms with Crippen LogP contribution in [0.15, 0.2) is 18.2 Å². The van der Waals surface area contributed by atoms with Crippen molar-refractivity contribution in [2.45, 2.75) is 26.4 Å². The second-order valence-corrected chi connectivity index (χ2v) is 3.61. The SMILES string of the molecule is CC#CCC(=O)c1ccc2c(c1)CNC2. The van der Waals surface area contributed by atoms with Crippen molar-refractivity contribution in [2.24, 2.45) is 0 Å². The van der Waals surface area contributed by atoms with Crippen LogP contribution in [-0.4, -0.2) is 5.78 Å². The molecule has 0 aliphatic carbocycles. The first-order valence-corrected chi connectivity index (χ1v) is 5.06. The van der Waals surface area contributed by atoms with E-state index in [-0.39, 0.29) is 5.78 Å². The molecule has 0 bridgehead atoms. The minimum atomic E-state index is 0.110. The molecular weight excluding hydrogens is 186 g/mol. The predicted octanol–water partition coefficient (Wildman–Crippen LogP) is 1.89. The molecule has 0 saturated carbocycles. The van der Waals surface area contributed by atoms with Crippen LogP contribution < -0.4 is 5.32 Å². The smallest absolute Gasteiger partial charge is 0.174 e. The minimum Gasteiger partial charge on any atom is -0.309 e. The Labute approximate surface area is 89.7 Å². The maximum atomic E-state index is 11.7. The van der Waals surface area contributed by atoms with Crippen LogP contribution >= 0.6 is 0 Å². The fourth-order valence-electron chi connectivity index (χ4n) is 1.74. The molecule has 0 amide bonds. The second-order valence-electron chi connectivity index (χ2n) is 3.61. The van der Waals surface area contributed by atoms with Gasteiger partial charge in [-0.15, -0.1) is 5.92 Å². The van der Waals surface area contributed by atoms with E-state index in [1.165, 1.54) is 11.1 Å². The summed E-state index contributed by atoms with van der Waals surface area (Å²) in [6.07, 6.45) is 0.322. The molecule has 0 spiro atoms. The van der Waals surface area contributed by atoms with E-state index >= 15 is 0 Å². The first-order chi connectivity index (χ1) is 7.31. The lowest BCUT2D eigenvalue weighted by Gasteiger charge is -2.01. The molecule has 1 aromatic carbocycles. The molecular formula is C13H13NO. The third-order valence-corrected chi connectivity index (χ3v) is 2.58. The first-order valence-electron chi connectivity index (χ1n) is 5.06. The van der Waals surface area contributed by atoms with Crippen LogP contribution in [0, 0.1) is 11.8 Å². The zero-order chi connectivity index (χ0) is 10.7. The highest BCUT2D eigenvalue weighted by Crippen LogP contribution is 2.17. The van der Waals surface area contributed by atoms with Crippen molar-refractivity contribution in [3.8, 4) is 11.8 Å². The van der Waals surface area contributed by atoms with Crippen LogP contribution in [0.1, 0.15) is 34.8 Å². The molecule has 1 aromatic rings. The van der Waals surface area contributed by atoms with Gasteiger partial charge in [0.1, 0.15) is 0 Å². The fraction of sp³-hybridized carbons (Fsp3) is 0.308. The van der Waals surface area contributed by atoms with Gasteiger partial charge in [0.05, 0.1) is 6.42 Å². The third kappa shape index (κ3) is 2.08. The van der Waals surface area contributed by atoms with Crippen molar-refractivity contribution in [3.63, 3.8) is 0 Å². The van der Waals surface area contributed by atoms with E-state index in [1.54, 1.807) is 6.92 Å². The van der Waals surface area contributed by atoms with Gasteiger partial charge < -0.3 is 5.32 Å². The van der Waals surface area contributed by atoms with E-state index in [0.717, 1.165) is 18.7 Å². The first kappa shape index (κ1) is 9.95. The summed E-state index contributed by atoms with van der Waals surface area (Å²) in [5.74, 6) is 5.65. The Balaban J connectivity index is 2.21. The lowest BCUT2D eigenvalue weighted by atomic mass is 10.0. The van der Waals surface area contributed by atoms with E-state index in [1.807, 2.05) is 18.2 Å². The molecule has 1 aliphatic rings. The molecule has 0 radical (unpaired) electrons. The van der Waals surface area contributed by atoms with Crippen LogP contribution in [0.25, 0.3) is 0 Å². The summed E-state index contributed by atoms with van der Waals surface area (Å²) in [6.45, 7) is 3.54. The van der Waals surface area contributed by atoms with E-state index in [9.17, 15) is 4.79 Å². The highest BCUT2D eigenvalue weighted by molar-refractivity contribution is 5.97. The Morgan fingerprint density at radius 2 is 2.20 bits per heavy atom. The number of carbonyl (C=O) groups is 1. The zero-order valence-corrected chi connectivity index (χ0v) is 8.76. The van der Waals surface area contributed by atoms with Crippen molar-refractivity contribution in [3.05, 3.63) is 34.9 Å². The van der Waals surface area contributed by atoms with Crippen LogP contribution in [0.3, 0.4) is 0 Å². The quantitative estimate of drug-likeness (QED) is 0.582. The predicted molar refractivity (Wildman–Crippen MR) is 59.4 cm³/mol. The number of fused-ring (bicyclic) bond motifs is 1. The van der Waals surface area contributed by atoms with Crippen molar-refractivity contribution >= 4 is 5.78 Å². The maximum Gasteiger partial charge on any atom is 0.174 e. The number of nitrogens with one attached hydrogen (secondary N) is 1. The summed E-state index contributed by atoms with van der Waals surface area (Å²) in [7, 11) is 0. The monoisotopic (exact) mass is 199 g/mol. The number of hydrogen-bond donors (Lipinski definition) is 1. The molecule has 0 unspecified atom stereocenters. The summed E-state index contributed by atoms with van der Waals surface area (Å²) in [5.41, 5.74) is 3.32. The standard InChI is InChI=1S/C13H13NO/c1-2-3-4-13(15)10-5-6-11-8-14-9-12(11)7-10/h5-7,14H,4,8-9H2,1H3. The summed E-state index contributed by atoms with van der Waals surface area (Å²) in [4.78, 5) is 11.7. The van der Waals surface area contributed by atoms with Gasteiger partial charge in [-0.2, -0.15) is 0 Å². The second kappa shape index (κ2) is 4.29. The van der Waals surface area contributed by atoms with Crippen LogP contribution in [0.5, 0.6) is 0 Å². The van der Waals surface area contributed by atoms with Crippen molar-refractivity contribution < 1.29 is 4.79 Å². The minimum absolute atomic E-state index is 0.110. The van der Waals surface area contributed by atoms with Gasteiger partial charge in [-0.1, -0.05) is 18.1 Å². The topological polar surface area (TPSA) is 29.1 Å². The van der Waals surface area contributed by atoms with Gasteiger partial charge in [0.2, 0.25) is 0 Å². The molecule has 1 aliphatic heterocycles. The zero-order valence-electron chi connectivity index (χ0n) is 8.76. The molecule has 15 heavy (non-hydrogen) atoms. The van der Waals surface area contributed by atoms with Crippen LogP contribution in [-0.2, 0) is 13.1 Å². The summed E-state index contributed by atoms with van der Waals surface area (Å²) >= 11 is 0. The van der Waals surface area contributed by atoms with E-state index in [0.29, 0.717) is 6.42 Å². The van der Waals surface area contributed by atoms with E-state index in [4.69, 9.17) is 0 Å². The molecule has 0 saturated heterocycles. The Kier molecular flexibility index (Phi) is 2.84. The van der Waals surface area contributed by atoms with Crippen molar-refractivity contribution in [2.75, 3.05) is 0 Å². The van der Waals surface area contributed by atoms with E-state index < -0.39 is 0 Å². The summed E-state index contributed by atoms with van der Waals surface area (Å²) < 4.78 is 0. The number of ketones is 1. The Morgan fingerprint density at radius 1 is 1.40 bits per heavy atom. The highest BCUT2D eigenvalue weighted by atomic mass is 16.1. The van der Waals surface area contributed by atoms with Gasteiger partial charge in [0.25, 0.3) is 0 Å². The van der Waals surface area contributed by atoms with Gasteiger partial charge in [0, 0.05) is 18.7 Å². The lowest BCUT2D eigenvalue weighted by Crippen LogP contribution is -2.00. The summed E-state index contributed by atoms with van der Waals surface area (Å²) in [5, 5.41) is 3.26. The van der Waals surface area contributed by atoms with Gasteiger partial charge in [-0.25, -0.2) is 0 Å². The highest BCUT2D eigenvalue weighted by Gasteiger charge is 2.12. The van der Waals surface area contributed by atoms with Crippen LogP contribution in [0.2, 0.25) is 0 Å². The average molecular weight is 199 g/mol. The molecule has 2 nitrogen and oxygen atoms in total. The van der Waals surface area contributed by atoms with Crippen molar-refractivity contribution in [1.29, 1.82) is 0 Å². The largest absolute Gasteiger partial charge is 0.309 e. The molecule has 2 rings (SSSR count). The number of hydrogen-bond acceptors (Lipinski definition) is 2. The molecule has 76 valence electrons. The number of benzene rings is 1. The summed E-state index contributed by atoms with van der Waals surface area (Å²) in [6, 6.07) is 5.91. The third-order valence-electron chi connectivity index (χ3n) is 2.58. The Morgan fingerprint density at radius 3 is 3.00 bits per heavy atom. The Hall–Kier alpha value is -1.59. The molecule has 0 atom stereocenters. The number of rotatable bonds is 2. The molecule has 0 aromatic heterocycles. The Bertz CT molecular complexity index is 451. The van der Waals surface area contributed by atoms with Gasteiger partial charge in [-0.3, -0.25) is 4.79 Å².